The molecule has 0 rings (SSSR count). The summed E-state index contributed by atoms with van der Waals surface area (Å²) in [6.07, 6.45) is 83.6. The first-order valence-corrected chi connectivity index (χ1v) is 44.1. The number of unbranched alkanes of at least 4 members (excludes halogenated alkanes) is 33. The van der Waals surface area contributed by atoms with Crippen LogP contribution in [0.3, 0.4) is 0 Å². The van der Waals surface area contributed by atoms with Crippen molar-refractivity contribution in [3.05, 3.63) is 109 Å². The Bertz CT molecular complexity index is 2390. The molecule has 5 unspecified atom stereocenters. The number of rotatable bonds is 77. The molecule has 104 heavy (non-hydrogen) atoms. The maximum atomic E-state index is 13.1. The van der Waals surface area contributed by atoms with E-state index in [0.29, 0.717) is 32.1 Å². The van der Waals surface area contributed by atoms with Crippen LogP contribution in [0.1, 0.15) is 349 Å². The summed E-state index contributed by atoms with van der Waals surface area (Å²) in [5.41, 5.74) is 0. The van der Waals surface area contributed by atoms with Crippen LogP contribution in [-0.4, -0.2) is 96.7 Å². The van der Waals surface area contributed by atoms with Crippen molar-refractivity contribution in [3.8, 4) is 0 Å². The SMILES string of the molecule is CC/C=C\C/C=C\C/C=C\C/C=C\C/C=C\C/C=C\CCC(=O)OCC(COP(=O)(O)OCC(O)COP(=O)(O)OCC(COC(=O)CCCCCCCCCCCCCCCCC)OC(=O)CCCCCCCCCCCCCCC)OC(=O)CCCCCCCCC/C=C\C/C=C\C/C=C\CC. The first-order chi connectivity index (χ1) is 50.7. The molecule has 0 aliphatic heterocycles. The maximum absolute atomic E-state index is 13.1. The van der Waals surface area contributed by atoms with Crippen molar-refractivity contribution >= 4 is 39.5 Å². The van der Waals surface area contributed by atoms with Crippen molar-refractivity contribution < 1.29 is 80.2 Å². The first-order valence-electron chi connectivity index (χ1n) is 41.1. The monoisotopic (exact) mass is 1500 g/mol. The van der Waals surface area contributed by atoms with Crippen LogP contribution < -0.4 is 0 Å². The van der Waals surface area contributed by atoms with Gasteiger partial charge in [-0.25, -0.2) is 9.13 Å². The van der Waals surface area contributed by atoms with Gasteiger partial charge in [0, 0.05) is 25.7 Å². The van der Waals surface area contributed by atoms with Crippen molar-refractivity contribution in [2.75, 3.05) is 39.6 Å². The van der Waals surface area contributed by atoms with Gasteiger partial charge in [0.1, 0.15) is 19.3 Å². The van der Waals surface area contributed by atoms with Crippen LogP contribution in [0.25, 0.3) is 0 Å². The lowest BCUT2D eigenvalue weighted by atomic mass is 10.0. The molecule has 0 spiro atoms. The van der Waals surface area contributed by atoms with Crippen LogP contribution in [0.15, 0.2) is 109 Å². The van der Waals surface area contributed by atoms with Gasteiger partial charge in [-0.1, -0.05) is 336 Å². The third-order valence-corrected chi connectivity index (χ3v) is 19.2. The van der Waals surface area contributed by atoms with Crippen LogP contribution in [0.2, 0.25) is 0 Å². The van der Waals surface area contributed by atoms with Crippen LogP contribution in [-0.2, 0) is 65.4 Å². The summed E-state index contributed by atoms with van der Waals surface area (Å²) < 4.78 is 68.6. The average Bonchev–Trinajstić information content (AvgIpc) is 0.911. The van der Waals surface area contributed by atoms with E-state index in [1.807, 2.05) is 18.2 Å². The molecule has 3 N–H and O–H groups in total. The van der Waals surface area contributed by atoms with Gasteiger partial charge >= 0.3 is 39.5 Å². The summed E-state index contributed by atoms with van der Waals surface area (Å²) in [6.45, 7) is 4.61. The molecule has 0 aromatic carbocycles. The van der Waals surface area contributed by atoms with E-state index in [2.05, 4.69) is 119 Å². The number of carbonyl (C=O) groups is 4. The Morgan fingerprint density at radius 3 is 0.827 bits per heavy atom. The third kappa shape index (κ3) is 75.9. The lowest BCUT2D eigenvalue weighted by Crippen LogP contribution is -2.30. The van der Waals surface area contributed by atoms with Gasteiger partial charge in [0.25, 0.3) is 0 Å². The van der Waals surface area contributed by atoms with Gasteiger partial charge in [-0.05, 0) is 96.3 Å². The lowest BCUT2D eigenvalue weighted by Gasteiger charge is -2.21. The fraction of sp³-hybridized carbons (Fsp3) is 0.741. The van der Waals surface area contributed by atoms with E-state index in [4.69, 9.17) is 37.0 Å². The van der Waals surface area contributed by atoms with E-state index in [1.165, 1.54) is 122 Å². The van der Waals surface area contributed by atoms with Gasteiger partial charge in [-0.15, -0.1) is 0 Å². The van der Waals surface area contributed by atoms with Crippen LogP contribution in [0, 0.1) is 0 Å². The van der Waals surface area contributed by atoms with E-state index < -0.39 is 97.5 Å². The van der Waals surface area contributed by atoms with Crippen molar-refractivity contribution in [1.82, 2.24) is 0 Å². The summed E-state index contributed by atoms with van der Waals surface area (Å²) >= 11 is 0. The molecule has 0 heterocycles. The van der Waals surface area contributed by atoms with E-state index >= 15 is 0 Å². The number of esters is 4. The summed E-state index contributed by atoms with van der Waals surface area (Å²) in [5.74, 6) is -2.26. The average molecular weight is 1500 g/mol. The highest BCUT2D eigenvalue weighted by molar-refractivity contribution is 7.47. The summed E-state index contributed by atoms with van der Waals surface area (Å²) in [7, 11) is -9.97. The molecule has 0 aliphatic carbocycles. The van der Waals surface area contributed by atoms with Gasteiger partial charge in [0.2, 0.25) is 0 Å². The quantitative estimate of drug-likeness (QED) is 0.0169. The first kappa shape index (κ1) is 99.7. The second-order valence-corrected chi connectivity index (χ2v) is 30.2. The topological polar surface area (TPSA) is 237 Å². The molecule has 0 aromatic heterocycles. The molecule has 600 valence electrons. The minimum absolute atomic E-state index is 0.0332. The zero-order valence-corrected chi connectivity index (χ0v) is 67.5. The summed E-state index contributed by atoms with van der Waals surface area (Å²) in [6, 6.07) is 0. The number of allylic oxidation sites excluding steroid dienone is 18. The van der Waals surface area contributed by atoms with Crippen LogP contribution >= 0.6 is 15.6 Å². The number of aliphatic hydroxyl groups excluding tert-OH is 1. The van der Waals surface area contributed by atoms with Crippen LogP contribution in [0.4, 0.5) is 0 Å². The molecule has 17 nitrogen and oxygen atoms in total. The molecule has 5 atom stereocenters. The lowest BCUT2D eigenvalue weighted by molar-refractivity contribution is -0.161. The Kier molecular flexibility index (Phi) is 73.7. The smallest absolute Gasteiger partial charge is 0.462 e. The van der Waals surface area contributed by atoms with Crippen molar-refractivity contribution in [2.24, 2.45) is 0 Å². The molecule has 0 aromatic rings. The molecule has 19 heteroatoms. The van der Waals surface area contributed by atoms with E-state index in [0.717, 1.165) is 141 Å². The number of hydrogen-bond donors (Lipinski definition) is 3. The highest BCUT2D eigenvalue weighted by Crippen LogP contribution is 2.45. The standard InChI is InChI=1S/C85H148O17P2/c1-5-9-13-17-21-25-29-33-36-38-39-41-43-47-50-54-58-62-66-70-83(88)96-76-81(102-85(90)72-68-64-60-56-52-48-44-40-37-34-30-26-22-18-14-10-6-2)78-100-104(93,94)98-74-79(86)73-97-103(91,92)99-77-80(101-84(89)71-67-63-59-55-51-45-32-28-24-20-16-12-8-4)75-95-82(87)69-65-61-57-53-49-46-42-35-31-27-23-19-15-11-7-3/h9-10,13-14,21-22,25-26,33-34,36-37,39,41,47,50,58,62,79-81,86H,5-8,11-12,15-20,23-24,27-32,35,38,40,42-46,48-49,51-57,59-61,63-78H2,1-4H3,(H,91,92)(H,93,94)/b13-9-,14-10-,25-21-,26-22-,36-33-,37-34-,41-39-,50-47-,62-58-. The minimum Gasteiger partial charge on any atom is -0.462 e. The highest BCUT2D eigenvalue weighted by atomic mass is 31.2. The molecule has 0 aliphatic rings. The molecule has 0 saturated carbocycles. The Labute approximate surface area is 632 Å². The highest BCUT2D eigenvalue weighted by Gasteiger charge is 2.30. The fourth-order valence-electron chi connectivity index (χ4n) is 11.1. The minimum atomic E-state index is -5.00. The van der Waals surface area contributed by atoms with Crippen LogP contribution in [0.5, 0.6) is 0 Å². The van der Waals surface area contributed by atoms with E-state index in [9.17, 15) is 43.2 Å². The number of hydrogen-bond acceptors (Lipinski definition) is 15. The van der Waals surface area contributed by atoms with Gasteiger partial charge < -0.3 is 33.8 Å². The Morgan fingerprint density at radius 1 is 0.279 bits per heavy atom. The van der Waals surface area contributed by atoms with Gasteiger partial charge in [0.05, 0.1) is 26.4 Å². The maximum Gasteiger partial charge on any atom is 0.472 e. The third-order valence-electron chi connectivity index (χ3n) is 17.3. The Morgan fingerprint density at radius 2 is 0.519 bits per heavy atom. The summed E-state index contributed by atoms with van der Waals surface area (Å²) in [5, 5.41) is 10.6. The predicted octanol–water partition coefficient (Wildman–Crippen LogP) is 24.1. The molecule has 0 bridgehead atoms. The normalized spacial score (nSPS) is 14.4. The number of aliphatic hydroxyl groups is 1. The van der Waals surface area contributed by atoms with Gasteiger partial charge in [-0.3, -0.25) is 37.3 Å². The van der Waals surface area contributed by atoms with E-state index in [-0.39, 0.29) is 25.7 Å². The predicted molar refractivity (Wildman–Crippen MR) is 427 cm³/mol. The molecule has 0 fully saturated rings. The van der Waals surface area contributed by atoms with E-state index in [1.54, 1.807) is 0 Å². The molecule has 0 amide bonds. The number of ether oxygens (including phenoxy) is 4. The zero-order chi connectivity index (χ0) is 76.0. The Balaban J connectivity index is 5.41. The zero-order valence-electron chi connectivity index (χ0n) is 65.7. The second kappa shape index (κ2) is 76.9. The van der Waals surface area contributed by atoms with Crippen molar-refractivity contribution in [3.63, 3.8) is 0 Å². The molecule has 0 saturated heterocycles. The number of carbonyl (C=O) groups excluding carboxylic acids is 4. The van der Waals surface area contributed by atoms with Crippen molar-refractivity contribution in [2.45, 2.75) is 367 Å². The molecular formula is C85H148O17P2. The second-order valence-electron chi connectivity index (χ2n) is 27.3. The Hall–Kier alpha value is -4.28. The van der Waals surface area contributed by atoms with Gasteiger partial charge in [-0.2, -0.15) is 0 Å². The molecule has 0 radical (unpaired) electrons. The molecular weight excluding hydrogens is 1350 g/mol. The largest absolute Gasteiger partial charge is 0.472 e. The number of phosphoric ester groups is 2. The summed E-state index contributed by atoms with van der Waals surface area (Å²) in [4.78, 5) is 73.1. The van der Waals surface area contributed by atoms with Crippen molar-refractivity contribution in [1.29, 1.82) is 0 Å². The van der Waals surface area contributed by atoms with Gasteiger partial charge in [0.15, 0.2) is 12.2 Å². The number of phosphoric acid groups is 2. The fourth-order valence-corrected chi connectivity index (χ4v) is 12.7.